The van der Waals surface area contributed by atoms with Crippen LogP contribution in [0, 0.1) is 0 Å². The van der Waals surface area contributed by atoms with Crippen LogP contribution in [0.5, 0.6) is 11.5 Å². The molecule has 0 fully saturated rings. The summed E-state index contributed by atoms with van der Waals surface area (Å²) in [4.78, 5) is 8.91. The minimum absolute atomic E-state index is 0. The summed E-state index contributed by atoms with van der Waals surface area (Å²) in [6, 6.07) is 9.97. The maximum absolute atomic E-state index is 5.59. The Labute approximate surface area is 153 Å². The molecule has 126 valence electrons. The average molecular weight is 365 g/mol. The van der Waals surface area contributed by atoms with Crippen LogP contribution in [0.15, 0.2) is 53.3 Å². The third-order valence-corrected chi connectivity index (χ3v) is 3.87. The second-order valence-electron chi connectivity index (χ2n) is 5.33. The number of pyridine rings is 1. The number of aromatic nitrogens is 1. The molecule has 0 atom stereocenters. The molecule has 2 aliphatic rings. The number of nitrogens with zero attached hydrogens (tertiary/aromatic N) is 2. The highest BCUT2D eigenvalue weighted by Crippen LogP contribution is 2.37. The Hall–Kier alpha value is -2.04. The Balaban J connectivity index is 0.00000104. The highest BCUT2D eigenvalue weighted by atomic mass is 35.5. The zero-order valence-electron chi connectivity index (χ0n) is 13.0. The van der Waals surface area contributed by atoms with Crippen molar-refractivity contribution in [1.29, 1.82) is 0 Å². The fourth-order valence-corrected chi connectivity index (χ4v) is 2.85. The molecular weight excluding hydrogens is 347 g/mol. The summed E-state index contributed by atoms with van der Waals surface area (Å²) in [6.45, 7) is 1.16. The minimum Gasteiger partial charge on any atom is -0.454 e. The first-order valence-electron chi connectivity index (χ1n) is 7.46. The van der Waals surface area contributed by atoms with Gasteiger partial charge in [0.25, 0.3) is 0 Å². The molecule has 24 heavy (non-hydrogen) atoms. The van der Waals surface area contributed by atoms with Gasteiger partial charge in [0.1, 0.15) is 0 Å². The summed E-state index contributed by atoms with van der Waals surface area (Å²) in [7, 11) is 0. The fourth-order valence-electron chi connectivity index (χ4n) is 2.85. The van der Waals surface area contributed by atoms with Gasteiger partial charge in [-0.15, -0.1) is 24.8 Å². The van der Waals surface area contributed by atoms with Crippen molar-refractivity contribution in [3.05, 3.63) is 59.4 Å². The van der Waals surface area contributed by atoms with E-state index in [0.29, 0.717) is 6.79 Å². The number of ether oxygens (including phenoxy) is 2. The summed E-state index contributed by atoms with van der Waals surface area (Å²) in [5, 5.41) is 0. The van der Waals surface area contributed by atoms with Crippen LogP contribution in [0.25, 0.3) is 6.08 Å². The lowest BCUT2D eigenvalue weighted by Gasteiger charge is -2.16. The predicted molar refractivity (Wildman–Crippen MR) is 99.9 cm³/mol. The van der Waals surface area contributed by atoms with Gasteiger partial charge < -0.3 is 9.47 Å². The van der Waals surface area contributed by atoms with E-state index in [1.807, 2.05) is 24.4 Å². The number of hydrogen-bond acceptors (Lipinski definition) is 4. The first-order valence-corrected chi connectivity index (χ1v) is 7.46. The van der Waals surface area contributed by atoms with Crippen molar-refractivity contribution in [2.75, 3.05) is 13.3 Å². The van der Waals surface area contributed by atoms with Crippen molar-refractivity contribution in [1.82, 2.24) is 4.98 Å². The summed E-state index contributed by atoms with van der Waals surface area (Å²) < 4.78 is 11.0. The van der Waals surface area contributed by atoms with E-state index >= 15 is 0 Å². The number of halogens is 2. The molecule has 1 aromatic heterocycles. The number of rotatable bonds is 2. The van der Waals surface area contributed by atoms with Gasteiger partial charge in [0.2, 0.25) is 6.79 Å². The number of benzene rings is 1. The second kappa shape index (κ2) is 8.18. The number of aliphatic imine (C=N–C) groups is 1. The Morgan fingerprint density at radius 1 is 1.04 bits per heavy atom. The third-order valence-electron chi connectivity index (χ3n) is 3.87. The second-order valence-corrected chi connectivity index (χ2v) is 5.33. The number of hydrogen-bond donors (Lipinski definition) is 0. The molecule has 0 radical (unpaired) electrons. The van der Waals surface area contributed by atoms with E-state index in [2.05, 4.69) is 23.2 Å². The molecule has 0 spiro atoms. The SMILES string of the molecule is C(=C1/CCCN=C1c1cccnc1)/c1cccc2c1OCO2.Cl.Cl. The zero-order chi connectivity index (χ0) is 14.8. The molecule has 0 aliphatic carbocycles. The predicted octanol–water partition coefficient (Wildman–Crippen LogP) is 4.32. The van der Waals surface area contributed by atoms with Gasteiger partial charge in [-0.2, -0.15) is 0 Å². The van der Waals surface area contributed by atoms with Crippen molar-refractivity contribution in [3.8, 4) is 11.5 Å². The van der Waals surface area contributed by atoms with E-state index in [9.17, 15) is 0 Å². The van der Waals surface area contributed by atoms with Crippen LogP contribution in [0.4, 0.5) is 0 Å². The van der Waals surface area contributed by atoms with Gasteiger partial charge in [-0.05, 0) is 42.7 Å². The van der Waals surface area contributed by atoms with Crippen LogP contribution < -0.4 is 9.47 Å². The summed E-state index contributed by atoms with van der Waals surface area (Å²) in [5.74, 6) is 1.64. The number of allylic oxidation sites excluding steroid dienone is 1. The van der Waals surface area contributed by atoms with E-state index in [0.717, 1.165) is 47.7 Å². The molecule has 1 aromatic carbocycles. The quantitative estimate of drug-likeness (QED) is 0.796. The van der Waals surface area contributed by atoms with Crippen molar-refractivity contribution >= 4 is 36.6 Å². The van der Waals surface area contributed by atoms with E-state index in [1.54, 1.807) is 6.20 Å². The van der Waals surface area contributed by atoms with E-state index in [-0.39, 0.29) is 24.8 Å². The van der Waals surface area contributed by atoms with E-state index in [1.165, 1.54) is 5.57 Å². The van der Waals surface area contributed by atoms with E-state index in [4.69, 9.17) is 14.5 Å². The third kappa shape index (κ3) is 3.55. The molecule has 3 heterocycles. The van der Waals surface area contributed by atoms with Crippen LogP contribution >= 0.6 is 24.8 Å². The van der Waals surface area contributed by atoms with Crippen LogP contribution in [0.1, 0.15) is 24.0 Å². The van der Waals surface area contributed by atoms with Crippen molar-refractivity contribution < 1.29 is 9.47 Å². The smallest absolute Gasteiger partial charge is 0.231 e. The Kier molecular flexibility index (Phi) is 6.23. The van der Waals surface area contributed by atoms with Crippen molar-refractivity contribution in [2.45, 2.75) is 12.8 Å². The molecule has 4 nitrogen and oxygen atoms in total. The molecule has 0 unspecified atom stereocenters. The molecule has 0 N–H and O–H groups in total. The van der Waals surface area contributed by atoms with Crippen molar-refractivity contribution in [2.24, 2.45) is 4.99 Å². The lowest BCUT2D eigenvalue weighted by Crippen LogP contribution is -2.11. The molecule has 0 amide bonds. The molecule has 2 aliphatic heterocycles. The largest absolute Gasteiger partial charge is 0.454 e. The van der Waals surface area contributed by atoms with Crippen LogP contribution in [0.2, 0.25) is 0 Å². The number of para-hydroxylation sites is 1. The van der Waals surface area contributed by atoms with E-state index < -0.39 is 0 Å². The average Bonchev–Trinajstić information content (AvgIpc) is 3.06. The Bertz CT molecular complexity index is 761. The van der Waals surface area contributed by atoms with Gasteiger partial charge in [0.05, 0.1) is 5.71 Å². The lowest BCUT2D eigenvalue weighted by molar-refractivity contribution is 0.174. The number of fused-ring (bicyclic) bond motifs is 1. The van der Waals surface area contributed by atoms with Gasteiger partial charge in [-0.25, -0.2) is 0 Å². The summed E-state index contributed by atoms with van der Waals surface area (Å²) >= 11 is 0. The van der Waals surface area contributed by atoms with Gasteiger partial charge in [0, 0.05) is 30.1 Å². The van der Waals surface area contributed by atoms with Gasteiger partial charge in [-0.1, -0.05) is 12.1 Å². The topological polar surface area (TPSA) is 43.7 Å². The standard InChI is InChI=1S/C18H16N2O2.2ClH/c1-4-14(18-16(7-1)21-12-22-18)10-13-5-3-9-20-17(13)15-6-2-8-19-11-15;;/h1-2,4,6-8,10-11H,3,5,9,12H2;2*1H/b13-10+;;. The zero-order valence-corrected chi connectivity index (χ0v) is 14.6. The summed E-state index contributed by atoms with van der Waals surface area (Å²) in [5.41, 5.74) is 4.38. The van der Waals surface area contributed by atoms with Gasteiger partial charge >= 0.3 is 0 Å². The van der Waals surface area contributed by atoms with Gasteiger partial charge in [-0.3, -0.25) is 9.98 Å². The molecule has 4 rings (SSSR count). The highest BCUT2D eigenvalue weighted by Gasteiger charge is 2.19. The Morgan fingerprint density at radius 3 is 2.79 bits per heavy atom. The van der Waals surface area contributed by atoms with Crippen LogP contribution in [-0.2, 0) is 0 Å². The molecule has 6 heteroatoms. The van der Waals surface area contributed by atoms with Gasteiger partial charge in [0.15, 0.2) is 11.5 Å². The Morgan fingerprint density at radius 2 is 1.96 bits per heavy atom. The minimum atomic E-state index is 0. The van der Waals surface area contributed by atoms with Crippen LogP contribution in [-0.4, -0.2) is 24.0 Å². The van der Waals surface area contributed by atoms with Crippen LogP contribution in [0.3, 0.4) is 0 Å². The first-order chi connectivity index (χ1) is 10.9. The molecule has 2 aromatic rings. The molecule has 0 bridgehead atoms. The molecule has 0 saturated carbocycles. The van der Waals surface area contributed by atoms with Crippen molar-refractivity contribution in [3.63, 3.8) is 0 Å². The highest BCUT2D eigenvalue weighted by molar-refractivity contribution is 6.15. The molecule has 0 saturated heterocycles. The normalized spacial score (nSPS) is 16.8. The maximum atomic E-state index is 5.59. The fraction of sp³-hybridized carbons (Fsp3) is 0.222. The lowest BCUT2D eigenvalue weighted by atomic mass is 9.94. The molecular formula is C18H18Cl2N2O2. The maximum Gasteiger partial charge on any atom is 0.231 e. The monoisotopic (exact) mass is 364 g/mol. The summed E-state index contributed by atoms with van der Waals surface area (Å²) in [6.07, 6.45) is 7.90. The first kappa shape index (κ1) is 18.3.